The van der Waals surface area contributed by atoms with Crippen LogP contribution in [0.15, 0.2) is 55.0 Å². The van der Waals surface area contributed by atoms with Crippen LogP contribution in [0.1, 0.15) is 6.92 Å². The minimum absolute atomic E-state index is 0.180. The lowest BCUT2D eigenvalue weighted by molar-refractivity contribution is 0.475. The van der Waals surface area contributed by atoms with Gasteiger partial charge in [-0.2, -0.15) is 0 Å². The van der Waals surface area contributed by atoms with Crippen LogP contribution in [0.5, 0.6) is 5.75 Å². The zero-order valence-electron chi connectivity index (χ0n) is 14.0. The van der Waals surface area contributed by atoms with Crippen molar-refractivity contribution >= 4 is 34.1 Å². The number of anilines is 2. The molecule has 0 aliphatic rings. The summed E-state index contributed by atoms with van der Waals surface area (Å²) in [6.45, 7) is 2.84. The van der Waals surface area contributed by atoms with Crippen molar-refractivity contribution in [2.75, 3.05) is 5.32 Å². The third-order valence-corrected chi connectivity index (χ3v) is 4.39. The molecular weight excluding hydrogens is 350 g/mol. The van der Waals surface area contributed by atoms with E-state index in [1.807, 2.05) is 24.4 Å². The molecule has 0 saturated carbocycles. The van der Waals surface area contributed by atoms with E-state index < -0.39 is 0 Å². The second kappa shape index (κ2) is 6.65. The number of fused-ring (bicyclic) bond motifs is 1. The normalized spacial score (nSPS) is 11.0. The van der Waals surface area contributed by atoms with E-state index in [-0.39, 0.29) is 5.75 Å². The Labute approximate surface area is 155 Å². The fourth-order valence-electron chi connectivity index (χ4n) is 2.94. The van der Waals surface area contributed by atoms with E-state index in [9.17, 15) is 5.11 Å². The van der Waals surface area contributed by atoms with Crippen molar-refractivity contribution in [2.45, 2.75) is 13.5 Å². The van der Waals surface area contributed by atoms with Gasteiger partial charge in [-0.1, -0.05) is 17.7 Å². The van der Waals surface area contributed by atoms with Gasteiger partial charge >= 0.3 is 0 Å². The van der Waals surface area contributed by atoms with Gasteiger partial charge in [-0.15, -0.1) is 0 Å². The third kappa shape index (κ3) is 2.95. The molecule has 0 unspecified atom stereocenters. The lowest BCUT2D eigenvalue weighted by Gasteiger charge is -2.06. The summed E-state index contributed by atoms with van der Waals surface area (Å²) in [6, 6.07) is 10.6. The Balaban J connectivity index is 1.78. The van der Waals surface area contributed by atoms with Crippen molar-refractivity contribution in [1.82, 2.24) is 19.5 Å². The maximum atomic E-state index is 9.60. The van der Waals surface area contributed by atoms with Gasteiger partial charge in [0.15, 0.2) is 5.15 Å². The predicted octanol–water partition coefficient (Wildman–Crippen LogP) is 4.62. The Morgan fingerprint density at radius 1 is 1.15 bits per heavy atom. The molecule has 0 saturated heterocycles. The summed E-state index contributed by atoms with van der Waals surface area (Å²) in [6.07, 6.45) is 5.42. The van der Waals surface area contributed by atoms with Crippen LogP contribution in [0, 0.1) is 0 Å². The number of pyridine rings is 1. The van der Waals surface area contributed by atoms with Gasteiger partial charge in [-0.25, -0.2) is 15.0 Å². The maximum Gasteiger partial charge on any atom is 0.227 e. The van der Waals surface area contributed by atoms with Crippen molar-refractivity contribution in [3.63, 3.8) is 0 Å². The lowest BCUT2D eigenvalue weighted by atomic mass is 10.1. The quantitative estimate of drug-likeness (QED) is 0.516. The fourth-order valence-corrected chi connectivity index (χ4v) is 3.21. The lowest BCUT2D eigenvalue weighted by Crippen LogP contribution is -1.97. The Hall–Kier alpha value is -3.12. The molecular formula is C19H16ClN5O. The van der Waals surface area contributed by atoms with E-state index in [0.29, 0.717) is 16.8 Å². The van der Waals surface area contributed by atoms with Crippen LogP contribution in [0.3, 0.4) is 0 Å². The molecule has 4 aromatic rings. The van der Waals surface area contributed by atoms with Crippen LogP contribution >= 0.6 is 11.6 Å². The summed E-state index contributed by atoms with van der Waals surface area (Å²) in [7, 11) is 0. The number of hydrogen-bond donors (Lipinski definition) is 2. The molecule has 3 heterocycles. The average molecular weight is 366 g/mol. The number of hydrogen-bond acceptors (Lipinski definition) is 5. The van der Waals surface area contributed by atoms with E-state index in [0.717, 1.165) is 28.7 Å². The molecule has 0 atom stereocenters. The number of aromatic hydroxyl groups is 1. The number of aromatic nitrogens is 4. The number of nitrogens with one attached hydrogen (secondary N) is 1. The van der Waals surface area contributed by atoms with Gasteiger partial charge in [0.05, 0.1) is 11.2 Å². The van der Waals surface area contributed by atoms with Crippen LogP contribution in [0.4, 0.5) is 11.6 Å². The number of halogens is 1. The highest BCUT2D eigenvalue weighted by atomic mass is 35.5. The molecule has 0 bridgehead atoms. The predicted molar refractivity (Wildman–Crippen MR) is 103 cm³/mol. The summed E-state index contributed by atoms with van der Waals surface area (Å²) in [5.74, 6) is 0.630. The number of aryl methyl sites for hydroxylation is 1. The van der Waals surface area contributed by atoms with Crippen LogP contribution in [-0.4, -0.2) is 24.6 Å². The zero-order valence-corrected chi connectivity index (χ0v) is 14.8. The summed E-state index contributed by atoms with van der Waals surface area (Å²) in [5, 5.41) is 14.2. The molecule has 130 valence electrons. The van der Waals surface area contributed by atoms with Crippen molar-refractivity contribution in [3.8, 4) is 17.0 Å². The molecule has 6 nitrogen and oxygen atoms in total. The largest absolute Gasteiger partial charge is 0.508 e. The number of rotatable bonds is 4. The minimum Gasteiger partial charge on any atom is -0.508 e. The Morgan fingerprint density at radius 2 is 2.00 bits per heavy atom. The second-order valence-electron chi connectivity index (χ2n) is 5.77. The number of nitrogens with zero attached hydrogens (tertiary/aromatic N) is 4. The second-order valence-corrected chi connectivity index (χ2v) is 6.13. The Bertz CT molecular complexity index is 1090. The number of benzene rings is 1. The smallest absolute Gasteiger partial charge is 0.227 e. The molecule has 0 spiro atoms. The van der Waals surface area contributed by atoms with Crippen LogP contribution in [0.2, 0.25) is 5.15 Å². The van der Waals surface area contributed by atoms with Gasteiger partial charge in [-0.05, 0) is 31.2 Å². The molecule has 7 heteroatoms. The first-order valence-corrected chi connectivity index (χ1v) is 8.56. The fraction of sp³-hybridized carbons (Fsp3) is 0.105. The molecule has 0 aliphatic heterocycles. The maximum absolute atomic E-state index is 9.60. The van der Waals surface area contributed by atoms with E-state index in [4.69, 9.17) is 11.6 Å². The standard InChI is InChI=1S/C19H16ClN5O/c1-2-25-11-15(14-6-8-21-18(20)17(14)25)16-7-9-22-19(24-16)23-12-4-3-5-13(26)10-12/h3-11,26H,2H2,1H3,(H,22,23,24). The molecule has 0 fully saturated rings. The SMILES string of the molecule is CCn1cc(-c2ccnc(Nc3cccc(O)c3)n2)c2ccnc(Cl)c21. The van der Waals surface area contributed by atoms with Crippen LogP contribution in [-0.2, 0) is 6.54 Å². The molecule has 0 radical (unpaired) electrons. The first-order chi connectivity index (χ1) is 12.7. The van der Waals surface area contributed by atoms with Gasteiger partial charge in [0.1, 0.15) is 5.75 Å². The average Bonchev–Trinajstić information content (AvgIpc) is 3.02. The minimum atomic E-state index is 0.180. The van der Waals surface area contributed by atoms with E-state index in [1.54, 1.807) is 30.6 Å². The topological polar surface area (TPSA) is 75.9 Å². The summed E-state index contributed by atoms with van der Waals surface area (Å²) < 4.78 is 2.06. The molecule has 3 aromatic heterocycles. The van der Waals surface area contributed by atoms with Crippen LogP contribution < -0.4 is 5.32 Å². The zero-order chi connectivity index (χ0) is 18.1. The van der Waals surface area contributed by atoms with Crippen LogP contribution in [0.25, 0.3) is 22.2 Å². The van der Waals surface area contributed by atoms with E-state index in [1.165, 1.54) is 0 Å². The van der Waals surface area contributed by atoms with Gasteiger partial charge in [0.2, 0.25) is 5.95 Å². The van der Waals surface area contributed by atoms with Gasteiger partial charge in [0.25, 0.3) is 0 Å². The van der Waals surface area contributed by atoms with Crippen molar-refractivity contribution in [2.24, 2.45) is 0 Å². The highest BCUT2D eigenvalue weighted by molar-refractivity contribution is 6.34. The molecule has 26 heavy (non-hydrogen) atoms. The molecule has 0 amide bonds. The molecule has 2 N–H and O–H groups in total. The first kappa shape index (κ1) is 16.4. The summed E-state index contributed by atoms with van der Waals surface area (Å²) in [5.41, 5.74) is 3.35. The molecule has 0 aliphatic carbocycles. The molecule has 4 rings (SSSR count). The van der Waals surface area contributed by atoms with E-state index >= 15 is 0 Å². The third-order valence-electron chi connectivity index (χ3n) is 4.12. The molecule has 1 aromatic carbocycles. The number of phenols is 1. The first-order valence-electron chi connectivity index (χ1n) is 8.18. The van der Waals surface area contributed by atoms with E-state index in [2.05, 4.69) is 31.8 Å². The highest BCUT2D eigenvalue weighted by Gasteiger charge is 2.14. The Morgan fingerprint density at radius 3 is 2.81 bits per heavy atom. The van der Waals surface area contributed by atoms with Gasteiger partial charge < -0.3 is 15.0 Å². The van der Waals surface area contributed by atoms with Crippen molar-refractivity contribution < 1.29 is 5.11 Å². The van der Waals surface area contributed by atoms with Crippen molar-refractivity contribution in [1.29, 1.82) is 0 Å². The van der Waals surface area contributed by atoms with Gasteiger partial charge in [-0.3, -0.25) is 0 Å². The summed E-state index contributed by atoms with van der Waals surface area (Å²) in [4.78, 5) is 13.1. The monoisotopic (exact) mass is 365 g/mol. The van der Waals surface area contributed by atoms with Gasteiger partial charge in [0, 0.05) is 47.8 Å². The van der Waals surface area contributed by atoms with Crippen molar-refractivity contribution in [3.05, 3.63) is 60.1 Å². The number of phenolic OH excluding ortho intramolecular Hbond substituents is 1. The Kier molecular flexibility index (Phi) is 4.18. The highest BCUT2D eigenvalue weighted by Crippen LogP contribution is 2.33. The summed E-state index contributed by atoms with van der Waals surface area (Å²) >= 11 is 6.29.